The number of urea groups is 2. The van der Waals surface area contributed by atoms with E-state index in [4.69, 9.17) is 41.8 Å². The molecule has 0 unspecified atom stereocenters. The van der Waals surface area contributed by atoms with Gasteiger partial charge in [0.1, 0.15) is 22.8 Å². The highest BCUT2D eigenvalue weighted by Gasteiger charge is 2.39. The van der Waals surface area contributed by atoms with Gasteiger partial charge in [-0.15, -0.1) is 0 Å². The number of aliphatic hydroxyl groups excluding tert-OH is 1. The van der Waals surface area contributed by atoms with Gasteiger partial charge in [0.15, 0.2) is 8.32 Å². The number of hydrogen-bond donors (Lipinski definition) is 3. The summed E-state index contributed by atoms with van der Waals surface area (Å²) in [5, 5.41) is 15.1. The first-order valence-electron chi connectivity index (χ1n) is 27.5. The van der Waals surface area contributed by atoms with Crippen LogP contribution in [0, 0.1) is 11.6 Å². The molecule has 5 rings (SSSR count). The number of aliphatic hydroxyl groups is 1. The van der Waals surface area contributed by atoms with Gasteiger partial charge in [-0.3, -0.25) is 9.59 Å². The fraction of sp³-hybridized carbons (Fsp3) is 0.684. The van der Waals surface area contributed by atoms with Crippen molar-refractivity contribution in [3.63, 3.8) is 0 Å². The first kappa shape index (κ1) is 78.7. The van der Waals surface area contributed by atoms with Crippen LogP contribution in [-0.4, -0.2) is 195 Å². The molecule has 3 heterocycles. The smallest absolute Gasteiger partial charge is 0.410 e. The van der Waals surface area contributed by atoms with Crippen molar-refractivity contribution < 1.29 is 61.3 Å². The number of carbonyl (C=O) groups is 6. The summed E-state index contributed by atoms with van der Waals surface area (Å²) < 4.78 is 49.6. The van der Waals surface area contributed by atoms with Crippen LogP contribution in [0.25, 0.3) is 0 Å². The van der Waals surface area contributed by atoms with E-state index >= 15 is 0 Å². The minimum Gasteiger partial charge on any atom is -0.444 e. The van der Waals surface area contributed by atoms with Crippen molar-refractivity contribution in [2.75, 3.05) is 92.9 Å². The van der Waals surface area contributed by atoms with Crippen molar-refractivity contribution in [3.05, 3.63) is 69.2 Å². The fourth-order valence-corrected chi connectivity index (χ4v) is 9.37. The van der Waals surface area contributed by atoms with Gasteiger partial charge in [0, 0.05) is 106 Å². The Morgan fingerprint density at radius 3 is 1.31 bits per heavy atom. The molecule has 0 spiro atoms. The lowest BCUT2D eigenvalue weighted by Gasteiger charge is -2.39. The Morgan fingerprint density at radius 1 is 0.639 bits per heavy atom. The first-order chi connectivity index (χ1) is 37.2. The molecule has 3 fully saturated rings. The molecule has 3 saturated heterocycles. The van der Waals surface area contributed by atoms with Crippen LogP contribution < -0.4 is 10.6 Å². The van der Waals surface area contributed by atoms with Crippen LogP contribution in [0.15, 0.2) is 36.4 Å². The van der Waals surface area contributed by atoms with Gasteiger partial charge in [-0.05, 0) is 109 Å². The number of piperazine rings is 2. The van der Waals surface area contributed by atoms with Crippen LogP contribution in [-0.2, 0) is 41.3 Å². The zero-order chi connectivity index (χ0) is 60.2. The Balaban J connectivity index is 0.00000146. The van der Waals surface area contributed by atoms with E-state index in [1.165, 1.54) is 43.0 Å². The third kappa shape index (κ3) is 27.3. The summed E-state index contributed by atoms with van der Waals surface area (Å²) in [4.78, 5) is 85.4. The normalized spacial score (nSPS) is 15.2. The first-order valence-corrected chi connectivity index (χ1v) is 31.1. The molecule has 0 aliphatic carbocycles. The Labute approximate surface area is 518 Å². The lowest BCUT2D eigenvalue weighted by Crippen LogP contribution is -2.52. The molecule has 3 N–H and O–H groups in total. The molecular formula is C57H98Cl2F2N8O11S2Si. The molecule has 26 heteroatoms. The van der Waals surface area contributed by atoms with Gasteiger partial charge in [-0.25, -0.2) is 28.0 Å². The third-order valence-electron chi connectivity index (χ3n) is 14.1. The van der Waals surface area contributed by atoms with Gasteiger partial charge in [-0.1, -0.05) is 75.7 Å². The summed E-state index contributed by atoms with van der Waals surface area (Å²) in [6, 6.07) is 7.03. The van der Waals surface area contributed by atoms with Gasteiger partial charge in [0.05, 0.1) is 35.3 Å². The van der Waals surface area contributed by atoms with Gasteiger partial charge in [0.2, 0.25) is 11.8 Å². The number of amides is 8. The molecule has 2 aromatic carbocycles. The number of likely N-dealkylation sites (N-methyl/N-ethyl adjacent to an activating group) is 2. The fourth-order valence-electron chi connectivity index (χ4n) is 7.95. The Morgan fingerprint density at radius 2 is 0.988 bits per heavy atom. The van der Waals surface area contributed by atoms with E-state index in [1.807, 2.05) is 20.8 Å². The second-order valence-corrected chi connectivity index (χ2v) is 29.2. The molecule has 476 valence electrons. The minimum atomic E-state index is -2.12. The van der Waals surface area contributed by atoms with Crippen LogP contribution in [0.3, 0.4) is 0 Å². The highest BCUT2D eigenvalue weighted by molar-refractivity contribution is 7.59. The molecule has 0 aromatic heterocycles. The molecule has 3 aliphatic heterocycles. The predicted octanol–water partition coefficient (Wildman–Crippen LogP) is 10.4. The topological polar surface area (TPSA) is 203 Å². The second-order valence-electron chi connectivity index (χ2n) is 23.6. The lowest BCUT2D eigenvalue weighted by molar-refractivity contribution is -0.134. The van der Waals surface area contributed by atoms with Gasteiger partial charge >= 0.3 is 24.2 Å². The van der Waals surface area contributed by atoms with E-state index in [1.54, 1.807) is 70.5 Å². The molecule has 2 aromatic rings. The molecule has 0 bridgehead atoms. The zero-order valence-electron chi connectivity index (χ0n) is 50.5. The standard InChI is InChI=1S/C29H48ClFN4O5Si.C23H34ClFN4O5.C4H8O.CH4.2H2S/c1-28(2,3)40-27(38)35-17-15-34(16-18-35)24(36)14-13-22(20-39-41(8,9)29(4,5)6)33(7)26(37)32-19-21-11-10-12-23(31)25(21)30;1-23(2,3)34-22(33)29-12-10-28(11-13-29)19(31)9-8-17(15-30)27(4)21(32)26-14-16-6-5-7-18(25)20(16)24;1-2-4-5-3-1;;;/h10-12,22H,13-20H2,1-9H3,(H,32,37);5-7,17,30H,8-15H2,1-4H3,(H,26,32);1-4H2;1H4;2*1H2/t22-;17-;;;;/m00..../s1. The lowest BCUT2D eigenvalue weighted by atomic mass is 10.1. The summed E-state index contributed by atoms with van der Waals surface area (Å²) in [6.07, 6.45) is 2.83. The number of hydrogen-bond acceptors (Lipinski definition) is 11. The minimum absolute atomic E-state index is 0. The number of carbonyl (C=O) groups excluding carboxylic acids is 6. The van der Waals surface area contributed by atoms with Crippen molar-refractivity contribution in [2.24, 2.45) is 0 Å². The van der Waals surface area contributed by atoms with Crippen LogP contribution >= 0.6 is 50.2 Å². The molecular weight excluding hydrogens is 1170 g/mol. The van der Waals surface area contributed by atoms with E-state index in [9.17, 15) is 42.7 Å². The molecule has 83 heavy (non-hydrogen) atoms. The maximum Gasteiger partial charge on any atom is 0.410 e. The van der Waals surface area contributed by atoms with E-state index in [0.29, 0.717) is 76.5 Å². The van der Waals surface area contributed by atoms with Crippen molar-refractivity contribution in [3.8, 4) is 0 Å². The summed E-state index contributed by atoms with van der Waals surface area (Å²) in [5.41, 5.74) is -0.244. The number of rotatable bonds is 16. The van der Waals surface area contributed by atoms with Crippen molar-refractivity contribution in [2.45, 2.75) is 163 Å². The highest BCUT2D eigenvalue weighted by atomic mass is 35.5. The largest absolute Gasteiger partial charge is 0.444 e. The number of nitrogens with one attached hydrogen (secondary N) is 2. The molecule has 19 nitrogen and oxygen atoms in total. The number of halogens is 4. The quantitative estimate of drug-likeness (QED) is 0.135. The average molecular weight is 1270 g/mol. The van der Waals surface area contributed by atoms with Crippen LogP contribution in [0.4, 0.5) is 28.0 Å². The predicted molar refractivity (Wildman–Crippen MR) is 335 cm³/mol. The van der Waals surface area contributed by atoms with E-state index in [0.717, 1.165) is 13.2 Å². The van der Waals surface area contributed by atoms with Gasteiger partial charge in [0.25, 0.3) is 0 Å². The van der Waals surface area contributed by atoms with Crippen molar-refractivity contribution in [1.29, 1.82) is 0 Å². The van der Waals surface area contributed by atoms with Crippen LogP contribution in [0.2, 0.25) is 28.2 Å². The highest BCUT2D eigenvalue weighted by Crippen LogP contribution is 2.37. The average Bonchev–Trinajstić information content (AvgIpc) is 4.00. The molecule has 0 saturated carbocycles. The van der Waals surface area contributed by atoms with Gasteiger partial charge < -0.3 is 63.8 Å². The summed E-state index contributed by atoms with van der Waals surface area (Å²) in [7, 11) is 1.07. The van der Waals surface area contributed by atoms with E-state index in [2.05, 4.69) is 44.5 Å². The third-order valence-corrected chi connectivity index (χ3v) is 19.4. The molecule has 2 atom stereocenters. The summed E-state index contributed by atoms with van der Waals surface area (Å²) in [5.74, 6) is -1.26. The van der Waals surface area contributed by atoms with Crippen molar-refractivity contribution >= 4 is 94.6 Å². The SMILES string of the molecule is C.C1CCOC1.CN(C(=O)NCc1cccc(F)c1Cl)[C@@H](CCC(=O)N1CCN(C(=O)OC(C)(C)C)CC1)CO[Si](C)(C)C(C)(C)C.CN(C(=O)NCc1cccc(F)c1Cl)[C@H](CO)CCC(=O)N1CCN(C(=O)OC(C)(C)C)CC1.S.S. The van der Waals surface area contributed by atoms with E-state index in [-0.39, 0.29) is 118 Å². The maximum absolute atomic E-state index is 13.8. The number of benzene rings is 2. The molecule has 0 radical (unpaired) electrons. The van der Waals surface area contributed by atoms with Crippen molar-refractivity contribution in [1.82, 2.24) is 40.0 Å². The second kappa shape index (κ2) is 36.6. The Hall–Kier alpha value is -4.30. The van der Waals surface area contributed by atoms with Crippen LogP contribution in [0.1, 0.15) is 119 Å². The monoisotopic (exact) mass is 1270 g/mol. The summed E-state index contributed by atoms with van der Waals surface area (Å²) in [6.45, 7) is 26.9. The Bertz CT molecular complexity index is 2340. The summed E-state index contributed by atoms with van der Waals surface area (Å²) >= 11 is 12.0. The molecule has 8 amide bonds. The van der Waals surface area contributed by atoms with Crippen LogP contribution in [0.5, 0.6) is 0 Å². The zero-order valence-corrected chi connectivity index (χ0v) is 55.0. The number of nitrogens with zero attached hydrogens (tertiary/aromatic N) is 6. The Kier molecular flexibility index (Phi) is 34.7. The number of ether oxygens (including phenoxy) is 3. The van der Waals surface area contributed by atoms with E-state index < -0.39 is 49.3 Å². The van der Waals surface area contributed by atoms with Gasteiger partial charge in [-0.2, -0.15) is 27.0 Å². The maximum atomic E-state index is 13.8. The molecule has 3 aliphatic rings.